The van der Waals surface area contributed by atoms with Crippen LogP contribution in [0.3, 0.4) is 0 Å². The van der Waals surface area contributed by atoms with E-state index in [1.807, 2.05) is 29.3 Å². The molecular formula is C22H27N5O. The highest BCUT2D eigenvalue weighted by atomic mass is 16.2. The molecule has 0 spiro atoms. The molecule has 6 nitrogen and oxygen atoms in total. The number of urea groups is 1. The lowest BCUT2D eigenvalue weighted by atomic mass is 10.1. The van der Waals surface area contributed by atoms with Crippen LogP contribution in [-0.4, -0.2) is 58.5 Å². The monoisotopic (exact) mass is 377 g/mol. The first-order valence-corrected chi connectivity index (χ1v) is 9.87. The number of likely N-dealkylation sites (tertiary alicyclic amines) is 1. The van der Waals surface area contributed by atoms with E-state index < -0.39 is 0 Å². The summed E-state index contributed by atoms with van der Waals surface area (Å²) in [6, 6.07) is 12.4. The van der Waals surface area contributed by atoms with Crippen molar-refractivity contribution in [3.8, 4) is 0 Å². The molecule has 1 aliphatic heterocycles. The number of amides is 2. The second kappa shape index (κ2) is 8.44. The molecule has 1 atom stereocenters. The lowest BCUT2D eigenvalue weighted by Gasteiger charge is -2.25. The van der Waals surface area contributed by atoms with Crippen molar-refractivity contribution in [2.75, 3.05) is 26.7 Å². The minimum absolute atomic E-state index is 0.00370. The van der Waals surface area contributed by atoms with Gasteiger partial charge in [0.05, 0.1) is 0 Å². The number of H-pyrrole nitrogens is 1. The molecule has 2 aromatic heterocycles. The third-order valence-corrected chi connectivity index (χ3v) is 5.43. The van der Waals surface area contributed by atoms with E-state index in [0.29, 0.717) is 13.1 Å². The van der Waals surface area contributed by atoms with Gasteiger partial charge in [-0.25, -0.2) is 4.79 Å². The highest BCUT2D eigenvalue weighted by molar-refractivity contribution is 5.83. The van der Waals surface area contributed by atoms with Crippen molar-refractivity contribution in [2.24, 2.45) is 0 Å². The summed E-state index contributed by atoms with van der Waals surface area (Å²) < 4.78 is 0. The molecule has 0 aliphatic carbocycles. The molecule has 1 unspecified atom stereocenters. The first-order chi connectivity index (χ1) is 13.7. The van der Waals surface area contributed by atoms with Crippen molar-refractivity contribution in [1.29, 1.82) is 0 Å². The van der Waals surface area contributed by atoms with Gasteiger partial charge in [-0.3, -0.25) is 4.98 Å². The number of rotatable bonds is 6. The quantitative estimate of drug-likeness (QED) is 0.694. The van der Waals surface area contributed by atoms with Crippen molar-refractivity contribution < 1.29 is 4.79 Å². The van der Waals surface area contributed by atoms with E-state index in [4.69, 9.17) is 0 Å². The molecule has 146 valence electrons. The summed E-state index contributed by atoms with van der Waals surface area (Å²) in [6.45, 7) is 3.16. The number of aromatic amines is 1. The Morgan fingerprint density at radius 2 is 2.21 bits per heavy atom. The fourth-order valence-corrected chi connectivity index (χ4v) is 3.88. The van der Waals surface area contributed by atoms with Gasteiger partial charge in [0.2, 0.25) is 0 Å². The van der Waals surface area contributed by atoms with Gasteiger partial charge in [-0.2, -0.15) is 0 Å². The number of nitrogens with one attached hydrogen (secondary N) is 2. The van der Waals surface area contributed by atoms with E-state index in [9.17, 15) is 4.79 Å². The second-order valence-corrected chi connectivity index (χ2v) is 7.59. The van der Waals surface area contributed by atoms with Gasteiger partial charge in [-0.05, 0) is 49.7 Å². The van der Waals surface area contributed by atoms with Crippen LogP contribution in [0, 0.1) is 0 Å². The molecule has 1 aromatic carbocycles. The molecule has 0 bridgehead atoms. The maximum Gasteiger partial charge on any atom is 0.317 e. The van der Waals surface area contributed by atoms with Gasteiger partial charge in [-0.15, -0.1) is 0 Å². The molecule has 1 fully saturated rings. The zero-order chi connectivity index (χ0) is 19.3. The standard InChI is InChI=1S/C22H27N5O/c1-26-11-9-19(16-26)25-22(28)27(15-17-5-4-10-23-13-17)12-8-18-14-24-21-7-3-2-6-20(18)21/h2-7,10,13-14,19,24H,8-9,11-12,15-16H2,1H3,(H,25,28). The van der Waals surface area contributed by atoms with Crippen LogP contribution in [0.1, 0.15) is 17.5 Å². The zero-order valence-corrected chi connectivity index (χ0v) is 16.3. The molecule has 3 aromatic rings. The fraction of sp³-hybridized carbons (Fsp3) is 0.364. The Balaban J connectivity index is 1.46. The summed E-state index contributed by atoms with van der Waals surface area (Å²) >= 11 is 0. The predicted molar refractivity (Wildman–Crippen MR) is 111 cm³/mol. The Bertz CT molecular complexity index is 923. The Morgan fingerprint density at radius 3 is 3.00 bits per heavy atom. The van der Waals surface area contributed by atoms with Crippen LogP contribution in [0.2, 0.25) is 0 Å². The predicted octanol–water partition coefficient (Wildman–Crippen LogP) is 3.02. The lowest BCUT2D eigenvalue weighted by molar-refractivity contribution is 0.191. The first kappa shape index (κ1) is 18.5. The summed E-state index contributed by atoms with van der Waals surface area (Å²) in [5.41, 5.74) is 3.41. The van der Waals surface area contributed by atoms with Crippen molar-refractivity contribution in [3.05, 3.63) is 66.1 Å². The van der Waals surface area contributed by atoms with Crippen molar-refractivity contribution in [2.45, 2.75) is 25.4 Å². The molecule has 0 radical (unpaired) electrons. The summed E-state index contributed by atoms with van der Waals surface area (Å²) in [5, 5.41) is 4.44. The van der Waals surface area contributed by atoms with Crippen LogP contribution in [0.15, 0.2) is 55.0 Å². The van der Waals surface area contributed by atoms with E-state index in [0.717, 1.165) is 37.0 Å². The van der Waals surface area contributed by atoms with Gasteiger partial charge in [0.15, 0.2) is 0 Å². The lowest BCUT2D eigenvalue weighted by Crippen LogP contribution is -2.46. The summed E-state index contributed by atoms with van der Waals surface area (Å²) in [5.74, 6) is 0. The summed E-state index contributed by atoms with van der Waals surface area (Å²) in [6.07, 6.45) is 7.45. The number of carbonyl (C=O) groups excluding carboxylic acids is 1. The third kappa shape index (κ3) is 4.34. The molecule has 2 amide bonds. The third-order valence-electron chi connectivity index (χ3n) is 5.43. The number of hydrogen-bond donors (Lipinski definition) is 2. The Labute approximate surface area is 165 Å². The van der Waals surface area contributed by atoms with Crippen LogP contribution >= 0.6 is 0 Å². The largest absolute Gasteiger partial charge is 0.361 e. The van der Waals surface area contributed by atoms with Gasteiger partial charge < -0.3 is 20.1 Å². The SMILES string of the molecule is CN1CCC(NC(=O)N(CCc2c[nH]c3ccccc23)Cc2cccnc2)C1. The Morgan fingerprint density at radius 1 is 1.32 bits per heavy atom. The van der Waals surface area contributed by atoms with Gasteiger partial charge in [0, 0.05) is 55.2 Å². The molecule has 4 rings (SSSR count). The normalized spacial score (nSPS) is 17.1. The van der Waals surface area contributed by atoms with E-state index in [2.05, 4.69) is 51.6 Å². The van der Waals surface area contributed by atoms with Crippen LogP contribution in [0.5, 0.6) is 0 Å². The Kier molecular flexibility index (Phi) is 5.58. The van der Waals surface area contributed by atoms with Crippen molar-refractivity contribution in [1.82, 2.24) is 25.1 Å². The molecule has 3 heterocycles. The van der Waals surface area contributed by atoms with Crippen LogP contribution < -0.4 is 5.32 Å². The molecule has 2 N–H and O–H groups in total. The summed E-state index contributed by atoms with van der Waals surface area (Å²) in [4.78, 5) is 24.7. The minimum atomic E-state index is 0.00370. The van der Waals surface area contributed by atoms with Crippen LogP contribution in [-0.2, 0) is 13.0 Å². The number of para-hydroxylation sites is 1. The molecule has 0 saturated carbocycles. The molecule has 6 heteroatoms. The maximum atomic E-state index is 13.0. The molecule has 1 saturated heterocycles. The number of benzene rings is 1. The number of fused-ring (bicyclic) bond motifs is 1. The van der Waals surface area contributed by atoms with Gasteiger partial charge >= 0.3 is 6.03 Å². The molecular weight excluding hydrogens is 350 g/mol. The van der Waals surface area contributed by atoms with Crippen LogP contribution in [0.4, 0.5) is 4.79 Å². The Hall–Kier alpha value is -2.86. The number of pyridine rings is 1. The first-order valence-electron chi connectivity index (χ1n) is 9.87. The number of aromatic nitrogens is 2. The van der Waals surface area contributed by atoms with Gasteiger partial charge in [-0.1, -0.05) is 24.3 Å². The van der Waals surface area contributed by atoms with Gasteiger partial charge in [0.1, 0.15) is 0 Å². The number of hydrogen-bond acceptors (Lipinski definition) is 3. The number of nitrogens with zero attached hydrogens (tertiary/aromatic N) is 3. The van der Waals surface area contributed by atoms with Crippen LogP contribution in [0.25, 0.3) is 10.9 Å². The average molecular weight is 377 g/mol. The number of carbonyl (C=O) groups is 1. The van der Waals surface area contributed by atoms with E-state index in [-0.39, 0.29) is 12.1 Å². The maximum absolute atomic E-state index is 13.0. The molecule has 1 aliphatic rings. The topological polar surface area (TPSA) is 64.3 Å². The zero-order valence-electron chi connectivity index (χ0n) is 16.3. The summed E-state index contributed by atoms with van der Waals surface area (Å²) in [7, 11) is 2.09. The van der Waals surface area contributed by atoms with Gasteiger partial charge in [0.25, 0.3) is 0 Å². The van der Waals surface area contributed by atoms with E-state index in [1.165, 1.54) is 10.9 Å². The number of likely N-dealkylation sites (N-methyl/N-ethyl adjacent to an activating group) is 1. The minimum Gasteiger partial charge on any atom is -0.361 e. The fourth-order valence-electron chi connectivity index (χ4n) is 3.88. The average Bonchev–Trinajstić information content (AvgIpc) is 3.32. The van der Waals surface area contributed by atoms with Crippen molar-refractivity contribution >= 4 is 16.9 Å². The van der Waals surface area contributed by atoms with E-state index in [1.54, 1.807) is 6.20 Å². The smallest absolute Gasteiger partial charge is 0.317 e. The van der Waals surface area contributed by atoms with E-state index >= 15 is 0 Å². The van der Waals surface area contributed by atoms with Crippen molar-refractivity contribution in [3.63, 3.8) is 0 Å². The second-order valence-electron chi connectivity index (χ2n) is 7.59. The highest BCUT2D eigenvalue weighted by Gasteiger charge is 2.24. The molecule has 28 heavy (non-hydrogen) atoms. The highest BCUT2D eigenvalue weighted by Crippen LogP contribution is 2.19.